The van der Waals surface area contributed by atoms with Crippen molar-refractivity contribution in [3.63, 3.8) is 0 Å². The van der Waals surface area contributed by atoms with Gasteiger partial charge < -0.3 is 4.74 Å². The summed E-state index contributed by atoms with van der Waals surface area (Å²) in [6, 6.07) is 7.93. The molecule has 1 rings (SSSR count). The van der Waals surface area contributed by atoms with Crippen LogP contribution < -0.4 is 4.74 Å². The molecule has 0 aliphatic heterocycles. The number of hydrogen-bond acceptors (Lipinski definition) is 3. The van der Waals surface area contributed by atoms with E-state index in [1.165, 1.54) is 0 Å². The summed E-state index contributed by atoms with van der Waals surface area (Å²) in [5.41, 5.74) is 1.09. The first-order valence-corrected chi connectivity index (χ1v) is 6.07. The van der Waals surface area contributed by atoms with Crippen LogP contribution in [0.2, 0.25) is 6.55 Å². The van der Waals surface area contributed by atoms with Crippen molar-refractivity contribution in [3.05, 3.63) is 29.8 Å². The minimum Gasteiger partial charge on any atom is -0.494 e. The van der Waals surface area contributed by atoms with Crippen molar-refractivity contribution in [1.29, 1.82) is 0 Å². The molecule has 0 aliphatic carbocycles. The van der Waals surface area contributed by atoms with Gasteiger partial charge in [0.25, 0.3) is 0 Å². The number of rotatable bonds is 5. The Morgan fingerprint density at radius 3 is 2.86 bits per heavy atom. The lowest BCUT2D eigenvalue weighted by Crippen LogP contribution is -1.95. The molecule has 4 heteroatoms. The van der Waals surface area contributed by atoms with E-state index in [-0.39, 0.29) is 0 Å². The fraction of sp³-hybridized carbons (Fsp3) is 0.400. The first-order chi connectivity index (χ1) is 6.88. The maximum absolute atomic E-state index is 5.47. The SMILES string of the molecule is CCOc1ccccc1CN=N[Si]C. The topological polar surface area (TPSA) is 34.0 Å². The molecule has 3 nitrogen and oxygen atoms in total. The zero-order valence-corrected chi connectivity index (χ0v) is 9.53. The van der Waals surface area contributed by atoms with Gasteiger partial charge in [0.05, 0.1) is 13.2 Å². The van der Waals surface area contributed by atoms with Gasteiger partial charge in [-0.1, -0.05) is 18.2 Å². The highest BCUT2D eigenvalue weighted by Gasteiger charge is 2.00. The first-order valence-electron chi connectivity index (χ1n) is 4.62. The van der Waals surface area contributed by atoms with E-state index in [0.717, 1.165) is 11.3 Å². The van der Waals surface area contributed by atoms with E-state index in [2.05, 4.69) is 9.89 Å². The van der Waals surface area contributed by atoms with Crippen LogP contribution in [-0.4, -0.2) is 16.3 Å². The lowest BCUT2D eigenvalue weighted by atomic mass is 10.2. The van der Waals surface area contributed by atoms with E-state index < -0.39 is 0 Å². The largest absolute Gasteiger partial charge is 0.494 e. The summed E-state index contributed by atoms with van der Waals surface area (Å²) >= 11 is 0. The molecule has 0 aliphatic rings. The monoisotopic (exact) mass is 206 g/mol. The van der Waals surface area contributed by atoms with Gasteiger partial charge in [-0.2, -0.15) is 5.11 Å². The number of para-hydroxylation sites is 1. The molecule has 2 radical (unpaired) electrons. The predicted octanol–water partition coefficient (Wildman–Crippen LogP) is 2.70. The third-order valence-corrected chi connectivity index (χ3v) is 2.03. The van der Waals surface area contributed by atoms with E-state index in [9.17, 15) is 0 Å². The Kier molecular flexibility index (Phi) is 4.92. The van der Waals surface area contributed by atoms with Crippen LogP contribution in [0.15, 0.2) is 34.2 Å². The van der Waals surface area contributed by atoms with Crippen molar-refractivity contribution in [2.24, 2.45) is 9.89 Å². The molecule has 0 amide bonds. The van der Waals surface area contributed by atoms with Crippen LogP contribution >= 0.6 is 0 Å². The van der Waals surface area contributed by atoms with Gasteiger partial charge in [0.2, 0.25) is 9.68 Å². The molecule has 0 saturated carbocycles. The average Bonchev–Trinajstić information content (AvgIpc) is 2.21. The average molecular weight is 206 g/mol. The van der Waals surface area contributed by atoms with E-state index in [1.807, 2.05) is 37.7 Å². The Hall–Kier alpha value is -1.16. The third kappa shape index (κ3) is 3.30. The molecule has 14 heavy (non-hydrogen) atoms. The molecule has 0 aromatic heterocycles. The highest BCUT2D eigenvalue weighted by molar-refractivity contribution is 6.30. The quantitative estimate of drug-likeness (QED) is 0.538. The molecule has 0 spiro atoms. The summed E-state index contributed by atoms with van der Waals surface area (Å²) in [4.78, 5) is 0. The molecule has 0 heterocycles. The summed E-state index contributed by atoms with van der Waals surface area (Å²) in [6.45, 7) is 5.27. The lowest BCUT2D eigenvalue weighted by molar-refractivity contribution is 0.336. The molecule has 1 aromatic carbocycles. The molecular formula is C10H14N2OSi. The molecule has 0 unspecified atom stereocenters. The molecule has 0 saturated heterocycles. The maximum atomic E-state index is 5.47. The Morgan fingerprint density at radius 1 is 1.36 bits per heavy atom. The van der Waals surface area contributed by atoms with Gasteiger partial charge in [0.1, 0.15) is 5.75 Å². The van der Waals surface area contributed by atoms with Crippen molar-refractivity contribution in [2.75, 3.05) is 6.61 Å². The van der Waals surface area contributed by atoms with Crippen molar-refractivity contribution in [3.8, 4) is 5.75 Å². The van der Waals surface area contributed by atoms with Crippen molar-refractivity contribution in [1.82, 2.24) is 0 Å². The molecule has 1 aromatic rings. The second kappa shape index (κ2) is 6.31. The van der Waals surface area contributed by atoms with Crippen molar-refractivity contribution < 1.29 is 4.74 Å². The second-order valence-electron chi connectivity index (χ2n) is 2.66. The molecule has 0 N–H and O–H groups in total. The van der Waals surface area contributed by atoms with Crippen LogP contribution in [-0.2, 0) is 6.54 Å². The van der Waals surface area contributed by atoms with Crippen LogP contribution in [0.4, 0.5) is 0 Å². The van der Waals surface area contributed by atoms with Gasteiger partial charge in [-0.3, -0.25) is 0 Å². The van der Waals surface area contributed by atoms with E-state index in [1.54, 1.807) is 0 Å². The Labute approximate surface area is 87.1 Å². The highest BCUT2D eigenvalue weighted by Crippen LogP contribution is 2.18. The maximum Gasteiger partial charge on any atom is 0.238 e. The van der Waals surface area contributed by atoms with E-state index in [0.29, 0.717) is 22.8 Å². The van der Waals surface area contributed by atoms with Crippen LogP contribution in [0, 0.1) is 0 Å². The zero-order chi connectivity index (χ0) is 10.2. The van der Waals surface area contributed by atoms with E-state index in [4.69, 9.17) is 4.74 Å². The smallest absolute Gasteiger partial charge is 0.238 e. The van der Waals surface area contributed by atoms with Crippen LogP contribution in [0.3, 0.4) is 0 Å². The summed E-state index contributed by atoms with van der Waals surface area (Å²) in [5.74, 6) is 0.911. The van der Waals surface area contributed by atoms with Gasteiger partial charge in [0.15, 0.2) is 0 Å². The Bertz CT molecular complexity index is 302. The Balaban J connectivity index is 2.68. The van der Waals surface area contributed by atoms with Crippen LogP contribution in [0.5, 0.6) is 5.75 Å². The van der Waals surface area contributed by atoms with Gasteiger partial charge in [0, 0.05) is 5.56 Å². The predicted molar refractivity (Wildman–Crippen MR) is 57.8 cm³/mol. The zero-order valence-electron chi connectivity index (χ0n) is 8.53. The second-order valence-corrected chi connectivity index (χ2v) is 3.31. The summed E-state index contributed by atoms with van der Waals surface area (Å²) in [5, 5.41) is 4.06. The Morgan fingerprint density at radius 2 is 2.14 bits per heavy atom. The minimum atomic E-state index is 0.525. The number of hydrogen-bond donors (Lipinski definition) is 0. The third-order valence-electron chi connectivity index (χ3n) is 1.68. The van der Waals surface area contributed by atoms with Gasteiger partial charge >= 0.3 is 0 Å². The standard InChI is InChI=1S/C10H14N2OSi/c1-3-13-10-7-5-4-6-9(10)8-11-12-14-2/h4-7H,3,8H2,1-2H3. The van der Waals surface area contributed by atoms with Crippen LogP contribution in [0.1, 0.15) is 12.5 Å². The molecule has 0 fully saturated rings. The normalized spacial score (nSPS) is 10.7. The molecule has 0 atom stereocenters. The van der Waals surface area contributed by atoms with Gasteiger partial charge in [-0.25, -0.2) is 4.78 Å². The summed E-state index contributed by atoms with van der Waals surface area (Å²) in [6.07, 6.45) is 0. The number of benzene rings is 1. The minimum absolute atomic E-state index is 0.525. The first kappa shape index (κ1) is 10.9. The van der Waals surface area contributed by atoms with Crippen LogP contribution in [0.25, 0.3) is 0 Å². The molecule has 0 bridgehead atoms. The van der Waals surface area contributed by atoms with Gasteiger partial charge in [-0.15, -0.1) is 0 Å². The highest BCUT2D eigenvalue weighted by atomic mass is 28.2. The fourth-order valence-electron chi connectivity index (χ4n) is 1.11. The number of nitrogens with zero attached hydrogens (tertiary/aromatic N) is 2. The molecule has 74 valence electrons. The molecular weight excluding hydrogens is 192 g/mol. The van der Waals surface area contributed by atoms with E-state index >= 15 is 0 Å². The van der Waals surface area contributed by atoms with Crippen molar-refractivity contribution in [2.45, 2.75) is 20.0 Å². The lowest BCUT2D eigenvalue weighted by Gasteiger charge is -2.06. The number of ether oxygens (including phenoxy) is 1. The van der Waals surface area contributed by atoms with Crippen molar-refractivity contribution >= 4 is 9.68 Å². The fourth-order valence-corrected chi connectivity index (χ4v) is 1.33. The van der Waals surface area contributed by atoms with Gasteiger partial charge in [-0.05, 0) is 19.5 Å². The summed E-state index contributed by atoms with van der Waals surface area (Å²) < 4.78 is 9.43. The summed E-state index contributed by atoms with van der Waals surface area (Å²) in [7, 11) is 0.525.